The number of nitrogens with zero attached hydrogens (tertiary/aromatic N) is 3. The smallest absolute Gasteiger partial charge is 0.313 e. The summed E-state index contributed by atoms with van der Waals surface area (Å²) in [5, 5.41) is 5.11. The van der Waals surface area contributed by atoms with E-state index in [-0.39, 0.29) is 11.7 Å². The minimum absolute atomic E-state index is 0.00832. The Morgan fingerprint density at radius 1 is 1.00 bits per heavy atom. The summed E-state index contributed by atoms with van der Waals surface area (Å²) in [6, 6.07) is 12.3. The van der Waals surface area contributed by atoms with E-state index in [1.165, 1.54) is 29.4 Å². The van der Waals surface area contributed by atoms with E-state index in [1.54, 1.807) is 6.07 Å². The summed E-state index contributed by atoms with van der Waals surface area (Å²) in [6.45, 7) is 4.98. The quantitative estimate of drug-likeness (QED) is 0.697. The van der Waals surface area contributed by atoms with Gasteiger partial charge in [0.25, 0.3) is 0 Å². The zero-order valence-corrected chi connectivity index (χ0v) is 18.6. The number of likely N-dealkylation sites (N-methyl/N-ethyl adjacent to an activating group) is 2. The normalized spacial score (nSPS) is 17.7. The molecule has 2 heterocycles. The highest BCUT2D eigenvalue weighted by Crippen LogP contribution is 2.31. The number of benzene rings is 2. The van der Waals surface area contributed by atoms with E-state index in [0.717, 1.165) is 44.7 Å². The second-order valence-corrected chi connectivity index (χ2v) is 8.56. The van der Waals surface area contributed by atoms with Crippen molar-refractivity contribution in [1.82, 2.24) is 15.1 Å². The molecule has 2 N–H and O–H groups in total. The Hall–Kier alpha value is -2.97. The van der Waals surface area contributed by atoms with Crippen molar-refractivity contribution in [3.63, 3.8) is 0 Å². The zero-order chi connectivity index (χ0) is 22.7. The fraction of sp³-hybridized carbons (Fsp3) is 0.417. The van der Waals surface area contributed by atoms with Gasteiger partial charge >= 0.3 is 11.8 Å². The number of nitrogens with one attached hydrogen (secondary N) is 2. The SMILES string of the molecule is CN1CCN([C@H](CNC(=O)C(=O)Nc2ccccc2F)c2ccc3c(c2)CCN3C)CC1. The summed E-state index contributed by atoms with van der Waals surface area (Å²) in [6.07, 6.45) is 1.01. The molecule has 2 aliphatic rings. The van der Waals surface area contributed by atoms with Gasteiger partial charge in [0.15, 0.2) is 0 Å². The molecule has 0 saturated carbocycles. The van der Waals surface area contributed by atoms with Gasteiger partial charge in [0.2, 0.25) is 0 Å². The molecular formula is C24H30FN5O2. The highest BCUT2D eigenvalue weighted by atomic mass is 19.1. The van der Waals surface area contributed by atoms with Crippen molar-refractivity contribution in [2.45, 2.75) is 12.5 Å². The van der Waals surface area contributed by atoms with Crippen LogP contribution in [0.1, 0.15) is 17.2 Å². The molecule has 170 valence electrons. The van der Waals surface area contributed by atoms with Gasteiger partial charge in [0, 0.05) is 52.0 Å². The third-order valence-corrected chi connectivity index (χ3v) is 6.38. The number of piperazine rings is 1. The van der Waals surface area contributed by atoms with Crippen LogP contribution in [-0.4, -0.2) is 75.0 Å². The summed E-state index contributed by atoms with van der Waals surface area (Å²) in [4.78, 5) is 31.7. The predicted molar refractivity (Wildman–Crippen MR) is 123 cm³/mol. The standard InChI is InChI=1S/C24H30FN5O2/c1-28-11-13-30(14-12-28)22(17-7-8-21-18(15-17)9-10-29(21)2)16-26-23(31)24(32)27-20-6-4-3-5-19(20)25/h3-8,15,22H,9-14,16H2,1-2H3,(H,26,31)(H,27,32)/t22-/m1/s1. The number of hydrogen-bond donors (Lipinski definition) is 2. The van der Waals surface area contributed by atoms with Crippen LogP contribution >= 0.6 is 0 Å². The maximum absolute atomic E-state index is 13.8. The molecule has 32 heavy (non-hydrogen) atoms. The number of hydrogen-bond acceptors (Lipinski definition) is 5. The van der Waals surface area contributed by atoms with E-state index >= 15 is 0 Å². The predicted octanol–water partition coefficient (Wildman–Crippen LogP) is 1.86. The topological polar surface area (TPSA) is 67.9 Å². The van der Waals surface area contributed by atoms with Gasteiger partial charge in [0.1, 0.15) is 5.82 Å². The molecule has 2 aromatic carbocycles. The van der Waals surface area contributed by atoms with Crippen LogP contribution in [0.3, 0.4) is 0 Å². The largest absolute Gasteiger partial charge is 0.374 e. The van der Waals surface area contributed by atoms with Crippen molar-refractivity contribution < 1.29 is 14.0 Å². The Balaban J connectivity index is 1.46. The van der Waals surface area contributed by atoms with E-state index in [1.807, 2.05) is 0 Å². The fourth-order valence-electron chi connectivity index (χ4n) is 4.40. The molecule has 0 unspecified atom stereocenters. The molecule has 0 aromatic heterocycles. The first-order chi connectivity index (χ1) is 15.4. The fourth-order valence-corrected chi connectivity index (χ4v) is 4.40. The second-order valence-electron chi connectivity index (χ2n) is 8.56. The number of carbonyl (C=O) groups is 2. The van der Waals surface area contributed by atoms with Crippen LogP contribution in [0, 0.1) is 5.82 Å². The Morgan fingerprint density at radius 3 is 2.50 bits per heavy atom. The third-order valence-electron chi connectivity index (χ3n) is 6.38. The molecule has 1 saturated heterocycles. The molecule has 4 rings (SSSR count). The van der Waals surface area contributed by atoms with Gasteiger partial charge in [-0.05, 0) is 42.8 Å². The molecule has 0 bridgehead atoms. The molecule has 7 nitrogen and oxygen atoms in total. The summed E-state index contributed by atoms with van der Waals surface area (Å²) in [5.41, 5.74) is 3.69. The van der Waals surface area contributed by atoms with Gasteiger partial charge in [-0.3, -0.25) is 14.5 Å². The molecule has 0 spiro atoms. The molecule has 0 radical (unpaired) electrons. The van der Waals surface area contributed by atoms with Gasteiger partial charge in [-0.2, -0.15) is 0 Å². The highest BCUT2D eigenvalue weighted by molar-refractivity contribution is 6.39. The van der Waals surface area contributed by atoms with Crippen LogP contribution < -0.4 is 15.5 Å². The Kier molecular flexibility index (Phi) is 6.72. The lowest BCUT2D eigenvalue weighted by molar-refractivity contribution is -0.136. The van der Waals surface area contributed by atoms with E-state index in [9.17, 15) is 14.0 Å². The van der Waals surface area contributed by atoms with Crippen molar-refractivity contribution in [2.24, 2.45) is 0 Å². The number of fused-ring (bicyclic) bond motifs is 1. The molecule has 2 aliphatic heterocycles. The van der Waals surface area contributed by atoms with Crippen LogP contribution in [0.15, 0.2) is 42.5 Å². The minimum Gasteiger partial charge on any atom is -0.374 e. The van der Waals surface area contributed by atoms with Gasteiger partial charge in [-0.25, -0.2) is 4.39 Å². The van der Waals surface area contributed by atoms with Crippen LogP contribution in [0.2, 0.25) is 0 Å². The Labute approximate surface area is 188 Å². The lowest BCUT2D eigenvalue weighted by Crippen LogP contribution is -2.49. The molecule has 2 amide bonds. The average molecular weight is 440 g/mol. The summed E-state index contributed by atoms with van der Waals surface area (Å²) < 4.78 is 13.8. The lowest BCUT2D eigenvalue weighted by Gasteiger charge is -2.38. The van der Waals surface area contributed by atoms with Crippen molar-refractivity contribution in [2.75, 3.05) is 63.6 Å². The third kappa shape index (κ3) is 4.92. The van der Waals surface area contributed by atoms with Crippen molar-refractivity contribution in [3.05, 3.63) is 59.4 Å². The molecule has 1 fully saturated rings. The Bertz CT molecular complexity index is 990. The van der Waals surface area contributed by atoms with Gasteiger partial charge < -0.3 is 20.4 Å². The van der Waals surface area contributed by atoms with Crippen molar-refractivity contribution in [1.29, 1.82) is 0 Å². The van der Waals surface area contributed by atoms with Gasteiger partial charge in [-0.1, -0.05) is 24.3 Å². The molecule has 8 heteroatoms. The van der Waals surface area contributed by atoms with E-state index in [0.29, 0.717) is 6.54 Å². The van der Waals surface area contributed by atoms with Crippen LogP contribution in [0.5, 0.6) is 0 Å². The molecular weight excluding hydrogens is 409 g/mol. The number of carbonyl (C=O) groups excluding carboxylic acids is 2. The number of anilines is 2. The molecule has 0 aliphatic carbocycles. The number of para-hydroxylation sites is 1. The van der Waals surface area contributed by atoms with E-state index < -0.39 is 17.6 Å². The lowest BCUT2D eigenvalue weighted by atomic mass is 10.00. The Morgan fingerprint density at radius 2 is 1.75 bits per heavy atom. The minimum atomic E-state index is -0.872. The van der Waals surface area contributed by atoms with Crippen molar-refractivity contribution >= 4 is 23.2 Å². The highest BCUT2D eigenvalue weighted by Gasteiger charge is 2.27. The summed E-state index contributed by atoms with van der Waals surface area (Å²) in [7, 11) is 4.20. The van der Waals surface area contributed by atoms with Crippen LogP contribution in [0.4, 0.5) is 15.8 Å². The second kappa shape index (κ2) is 9.67. The average Bonchev–Trinajstić information content (AvgIpc) is 3.16. The first kappa shape index (κ1) is 22.2. The van der Waals surface area contributed by atoms with Gasteiger partial charge in [-0.15, -0.1) is 0 Å². The monoisotopic (exact) mass is 439 g/mol. The van der Waals surface area contributed by atoms with Crippen molar-refractivity contribution in [3.8, 4) is 0 Å². The zero-order valence-electron chi connectivity index (χ0n) is 18.6. The number of amides is 2. The molecule has 2 aromatic rings. The first-order valence-electron chi connectivity index (χ1n) is 11.0. The summed E-state index contributed by atoms with van der Waals surface area (Å²) >= 11 is 0. The van der Waals surface area contributed by atoms with Gasteiger partial charge in [0.05, 0.1) is 11.7 Å². The van der Waals surface area contributed by atoms with E-state index in [4.69, 9.17) is 0 Å². The number of rotatable bonds is 5. The van der Waals surface area contributed by atoms with Crippen LogP contribution in [0.25, 0.3) is 0 Å². The maximum Gasteiger partial charge on any atom is 0.313 e. The molecule has 1 atom stereocenters. The maximum atomic E-state index is 13.8. The van der Waals surface area contributed by atoms with Crippen LogP contribution in [-0.2, 0) is 16.0 Å². The van der Waals surface area contributed by atoms with E-state index in [2.05, 4.69) is 57.6 Å². The first-order valence-corrected chi connectivity index (χ1v) is 11.0. The summed E-state index contributed by atoms with van der Waals surface area (Å²) in [5.74, 6) is -2.22. The number of halogens is 1.